The summed E-state index contributed by atoms with van der Waals surface area (Å²) < 4.78 is 0. The first kappa shape index (κ1) is 11.5. The Morgan fingerprint density at radius 2 is 2.14 bits per heavy atom. The largest absolute Gasteiger partial charge is 0.392 e. The molecule has 0 spiro atoms. The average Bonchev–Trinajstić information content (AvgIpc) is 2.63. The van der Waals surface area contributed by atoms with Gasteiger partial charge in [0.15, 0.2) is 0 Å². The van der Waals surface area contributed by atoms with Crippen LogP contribution in [0.25, 0.3) is 0 Å². The molecule has 1 amide bonds. The van der Waals surface area contributed by atoms with Gasteiger partial charge in [-0.3, -0.25) is 4.79 Å². The van der Waals surface area contributed by atoms with Crippen LogP contribution in [0.1, 0.15) is 32.6 Å². The second-order valence-electron chi connectivity index (χ2n) is 4.02. The molecule has 1 fully saturated rings. The van der Waals surface area contributed by atoms with Crippen LogP contribution in [-0.4, -0.2) is 36.2 Å². The predicted octanol–water partition coefficient (Wildman–Crippen LogP) is 0.0156. The Hall–Kier alpha value is -0.610. The molecule has 3 N–H and O–H groups in total. The van der Waals surface area contributed by atoms with E-state index in [9.17, 15) is 4.79 Å². The molecule has 1 saturated carbocycles. The van der Waals surface area contributed by atoms with Gasteiger partial charge >= 0.3 is 0 Å². The summed E-state index contributed by atoms with van der Waals surface area (Å²) in [6.45, 7) is 2.37. The lowest BCUT2D eigenvalue weighted by molar-refractivity contribution is -0.120. The van der Waals surface area contributed by atoms with Gasteiger partial charge < -0.3 is 15.7 Å². The van der Waals surface area contributed by atoms with Crippen LogP contribution in [0, 0.1) is 0 Å². The number of rotatable bonds is 5. The highest BCUT2D eigenvalue weighted by atomic mass is 16.3. The average molecular weight is 200 g/mol. The minimum atomic E-state index is -0.467. The van der Waals surface area contributed by atoms with E-state index in [-0.39, 0.29) is 5.91 Å². The van der Waals surface area contributed by atoms with Crippen LogP contribution in [0.5, 0.6) is 0 Å². The Morgan fingerprint density at radius 3 is 2.71 bits per heavy atom. The third kappa shape index (κ3) is 4.58. The van der Waals surface area contributed by atoms with Gasteiger partial charge in [-0.15, -0.1) is 0 Å². The number of hydrogen-bond acceptors (Lipinski definition) is 3. The van der Waals surface area contributed by atoms with Gasteiger partial charge in [0.1, 0.15) is 0 Å². The summed E-state index contributed by atoms with van der Waals surface area (Å²) in [5, 5.41) is 14.8. The maximum absolute atomic E-state index is 11.2. The molecule has 1 rings (SSSR count). The first-order valence-corrected chi connectivity index (χ1v) is 5.36. The van der Waals surface area contributed by atoms with Crippen LogP contribution in [-0.2, 0) is 4.79 Å². The highest BCUT2D eigenvalue weighted by Crippen LogP contribution is 2.16. The molecule has 82 valence electrons. The van der Waals surface area contributed by atoms with Gasteiger partial charge in [-0.1, -0.05) is 12.8 Å². The Balaban J connectivity index is 2.02. The second kappa shape index (κ2) is 5.98. The van der Waals surface area contributed by atoms with Gasteiger partial charge in [-0.25, -0.2) is 0 Å². The molecule has 4 heteroatoms. The van der Waals surface area contributed by atoms with Crippen LogP contribution in [0.4, 0.5) is 0 Å². The number of hydrogen-bond donors (Lipinski definition) is 3. The minimum absolute atomic E-state index is 0.0298. The molecule has 0 aliphatic heterocycles. The smallest absolute Gasteiger partial charge is 0.234 e. The van der Waals surface area contributed by atoms with Gasteiger partial charge in [-0.05, 0) is 19.8 Å². The topological polar surface area (TPSA) is 61.4 Å². The van der Waals surface area contributed by atoms with E-state index in [1.54, 1.807) is 6.92 Å². The predicted molar refractivity (Wildman–Crippen MR) is 54.9 cm³/mol. The Bertz CT molecular complexity index is 177. The molecule has 0 saturated heterocycles. The molecule has 1 atom stereocenters. The molecule has 0 radical (unpaired) electrons. The third-order valence-corrected chi connectivity index (χ3v) is 2.50. The zero-order valence-corrected chi connectivity index (χ0v) is 8.75. The molecule has 4 nitrogen and oxygen atoms in total. The SMILES string of the molecule is C[C@H](O)CNC(=O)CNC1CCCC1. The van der Waals surface area contributed by atoms with Crippen molar-refractivity contribution in [1.29, 1.82) is 0 Å². The fourth-order valence-electron chi connectivity index (χ4n) is 1.69. The van der Waals surface area contributed by atoms with Crippen molar-refractivity contribution >= 4 is 5.91 Å². The van der Waals surface area contributed by atoms with E-state index < -0.39 is 6.10 Å². The molecular formula is C10H20N2O2. The fraction of sp³-hybridized carbons (Fsp3) is 0.900. The highest BCUT2D eigenvalue weighted by Gasteiger charge is 2.14. The summed E-state index contributed by atoms with van der Waals surface area (Å²) in [4.78, 5) is 11.2. The lowest BCUT2D eigenvalue weighted by Crippen LogP contribution is -2.40. The summed E-state index contributed by atoms with van der Waals surface area (Å²) in [5.41, 5.74) is 0. The first-order chi connectivity index (χ1) is 6.68. The van der Waals surface area contributed by atoms with Crippen molar-refractivity contribution in [3.8, 4) is 0 Å². The van der Waals surface area contributed by atoms with E-state index in [0.717, 1.165) is 0 Å². The van der Waals surface area contributed by atoms with Gasteiger partial charge in [0.05, 0.1) is 12.6 Å². The molecular weight excluding hydrogens is 180 g/mol. The van der Waals surface area contributed by atoms with Crippen molar-refractivity contribution in [1.82, 2.24) is 10.6 Å². The molecule has 0 aromatic carbocycles. The van der Waals surface area contributed by atoms with Crippen LogP contribution in [0.2, 0.25) is 0 Å². The van der Waals surface area contributed by atoms with Crippen molar-refractivity contribution in [2.75, 3.05) is 13.1 Å². The van der Waals surface area contributed by atoms with Crippen molar-refractivity contribution < 1.29 is 9.90 Å². The number of amides is 1. The lowest BCUT2D eigenvalue weighted by Gasteiger charge is -2.12. The van der Waals surface area contributed by atoms with Crippen molar-refractivity contribution in [2.45, 2.75) is 44.8 Å². The van der Waals surface area contributed by atoms with Crippen LogP contribution >= 0.6 is 0 Å². The van der Waals surface area contributed by atoms with E-state index in [2.05, 4.69) is 10.6 Å². The fourth-order valence-corrected chi connectivity index (χ4v) is 1.69. The van der Waals surface area contributed by atoms with E-state index in [0.29, 0.717) is 19.1 Å². The van der Waals surface area contributed by atoms with Crippen LogP contribution in [0.15, 0.2) is 0 Å². The summed E-state index contributed by atoms with van der Waals surface area (Å²) in [6, 6.07) is 0.521. The molecule has 0 heterocycles. The molecule has 14 heavy (non-hydrogen) atoms. The van der Waals surface area contributed by atoms with Gasteiger partial charge in [0.25, 0.3) is 0 Å². The number of carbonyl (C=O) groups is 1. The standard InChI is InChI=1S/C10H20N2O2/c1-8(13)6-12-10(14)7-11-9-4-2-3-5-9/h8-9,11,13H,2-7H2,1H3,(H,12,14)/t8-/m0/s1. The Labute approximate surface area is 85.1 Å². The highest BCUT2D eigenvalue weighted by molar-refractivity contribution is 5.78. The zero-order valence-electron chi connectivity index (χ0n) is 8.75. The first-order valence-electron chi connectivity index (χ1n) is 5.36. The molecule has 0 aromatic rings. The number of aliphatic hydroxyl groups is 1. The third-order valence-electron chi connectivity index (χ3n) is 2.50. The van der Waals surface area contributed by atoms with Gasteiger partial charge in [-0.2, -0.15) is 0 Å². The normalized spacial score (nSPS) is 19.6. The zero-order chi connectivity index (χ0) is 10.4. The van der Waals surface area contributed by atoms with Crippen LogP contribution in [0.3, 0.4) is 0 Å². The maximum atomic E-state index is 11.2. The summed E-state index contributed by atoms with van der Waals surface area (Å²) in [5.74, 6) is -0.0298. The molecule has 0 aromatic heterocycles. The molecule has 1 aliphatic carbocycles. The quantitative estimate of drug-likeness (QED) is 0.586. The maximum Gasteiger partial charge on any atom is 0.234 e. The van der Waals surface area contributed by atoms with E-state index in [1.807, 2.05) is 0 Å². The summed E-state index contributed by atoms with van der Waals surface area (Å²) in [6.07, 6.45) is 4.44. The summed E-state index contributed by atoms with van der Waals surface area (Å²) >= 11 is 0. The van der Waals surface area contributed by atoms with Gasteiger partial charge in [0, 0.05) is 12.6 Å². The Morgan fingerprint density at radius 1 is 1.50 bits per heavy atom. The lowest BCUT2D eigenvalue weighted by atomic mass is 10.2. The van der Waals surface area contributed by atoms with Gasteiger partial charge in [0.2, 0.25) is 5.91 Å². The van der Waals surface area contributed by atoms with E-state index in [4.69, 9.17) is 5.11 Å². The summed E-state index contributed by atoms with van der Waals surface area (Å²) in [7, 11) is 0. The van der Waals surface area contributed by atoms with Crippen molar-refractivity contribution in [3.63, 3.8) is 0 Å². The monoisotopic (exact) mass is 200 g/mol. The molecule has 0 unspecified atom stereocenters. The van der Waals surface area contributed by atoms with Crippen molar-refractivity contribution in [2.24, 2.45) is 0 Å². The number of nitrogens with one attached hydrogen (secondary N) is 2. The second-order valence-corrected chi connectivity index (χ2v) is 4.02. The van der Waals surface area contributed by atoms with E-state index >= 15 is 0 Å². The molecule has 1 aliphatic rings. The number of carbonyl (C=O) groups excluding carboxylic acids is 1. The van der Waals surface area contributed by atoms with Crippen molar-refractivity contribution in [3.05, 3.63) is 0 Å². The van der Waals surface area contributed by atoms with E-state index in [1.165, 1.54) is 25.7 Å². The van der Waals surface area contributed by atoms with Crippen LogP contribution < -0.4 is 10.6 Å². The minimum Gasteiger partial charge on any atom is -0.392 e. The number of aliphatic hydroxyl groups excluding tert-OH is 1. The molecule has 0 bridgehead atoms. The Kier molecular flexibility index (Phi) is 4.90.